The van der Waals surface area contributed by atoms with Gasteiger partial charge in [-0.3, -0.25) is 9.69 Å². The van der Waals surface area contributed by atoms with Gasteiger partial charge in [0, 0.05) is 42.8 Å². The summed E-state index contributed by atoms with van der Waals surface area (Å²) >= 11 is 0. The molecule has 1 amide bonds. The molecule has 0 saturated heterocycles. The van der Waals surface area contributed by atoms with Crippen molar-refractivity contribution in [2.75, 3.05) is 27.3 Å². The number of aromatic amines is 1. The molecule has 31 heavy (non-hydrogen) atoms. The van der Waals surface area contributed by atoms with Crippen molar-refractivity contribution >= 4 is 16.8 Å². The number of methoxy groups -OCH3 is 2. The summed E-state index contributed by atoms with van der Waals surface area (Å²) in [5.41, 5.74) is 4.85. The van der Waals surface area contributed by atoms with Gasteiger partial charge >= 0.3 is 0 Å². The topological polar surface area (TPSA) is 66.6 Å². The van der Waals surface area contributed by atoms with Gasteiger partial charge in [0.2, 0.25) is 5.91 Å². The molecule has 0 bridgehead atoms. The molecule has 0 fully saturated rings. The van der Waals surface area contributed by atoms with Crippen LogP contribution < -0.4 is 14.8 Å². The Kier molecular flexibility index (Phi) is 6.47. The number of H-pyrrole nitrogens is 1. The maximum Gasteiger partial charge on any atom is 0.237 e. The minimum atomic E-state index is -0.127. The molecular formula is C25H31N3O3. The first-order chi connectivity index (χ1) is 15.1. The summed E-state index contributed by atoms with van der Waals surface area (Å²) in [6.07, 6.45) is 2.72. The van der Waals surface area contributed by atoms with Gasteiger partial charge in [0.15, 0.2) is 0 Å². The van der Waals surface area contributed by atoms with Gasteiger partial charge in [0.05, 0.1) is 25.8 Å². The van der Waals surface area contributed by atoms with Crippen LogP contribution in [0.5, 0.6) is 11.5 Å². The third-order valence-corrected chi connectivity index (χ3v) is 6.19. The molecule has 0 saturated carbocycles. The lowest BCUT2D eigenvalue weighted by Gasteiger charge is -2.32. The van der Waals surface area contributed by atoms with Crippen LogP contribution in [0.2, 0.25) is 0 Å². The molecule has 4 rings (SSSR count). The van der Waals surface area contributed by atoms with E-state index in [1.807, 2.05) is 19.1 Å². The highest BCUT2D eigenvalue weighted by molar-refractivity contribution is 5.88. The zero-order valence-electron chi connectivity index (χ0n) is 18.5. The van der Waals surface area contributed by atoms with Crippen molar-refractivity contribution in [1.82, 2.24) is 15.2 Å². The van der Waals surface area contributed by atoms with Gasteiger partial charge in [-0.15, -0.1) is 0 Å². The monoisotopic (exact) mass is 421 g/mol. The Morgan fingerprint density at radius 3 is 2.74 bits per heavy atom. The van der Waals surface area contributed by atoms with Gasteiger partial charge in [-0.1, -0.05) is 24.3 Å². The largest absolute Gasteiger partial charge is 0.497 e. The van der Waals surface area contributed by atoms with Crippen LogP contribution in [0.1, 0.15) is 30.2 Å². The van der Waals surface area contributed by atoms with Gasteiger partial charge in [-0.25, -0.2) is 0 Å². The number of hydrogen-bond donors (Lipinski definition) is 2. The number of aryl methyl sites for hydroxylation is 1. The predicted octanol–water partition coefficient (Wildman–Crippen LogP) is 3.68. The molecule has 0 radical (unpaired) electrons. The second-order valence-electron chi connectivity index (χ2n) is 8.15. The number of nitrogens with zero attached hydrogens (tertiary/aromatic N) is 1. The van der Waals surface area contributed by atoms with Crippen LogP contribution in [0.25, 0.3) is 10.9 Å². The number of fused-ring (bicyclic) bond motifs is 2. The minimum absolute atomic E-state index is 0.0995. The van der Waals surface area contributed by atoms with Crippen LogP contribution in [0.15, 0.2) is 42.5 Å². The lowest BCUT2D eigenvalue weighted by Crippen LogP contribution is -2.47. The van der Waals surface area contributed by atoms with Gasteiger partial charge in [-0.2, -0.15) is 0 Å². The van der Waals surface area contributed by atoms with E-state index in [1.54, 1.807) is 14.2 Å². The summed E-state index contributed by atoms with van der Waals surface area (Å²) in [5.74, 6) is 1.66. The summed E-state index contributed by atoms with van der Waals surface area (Å²) in [7, 11) is 3.31. The van der Waals surface area contributed by atoms with E-state index in [1.165, 1.54) is 11.1 Å². The zero-order chi connectivity index (χ0) is 21.8. The highest BCUT2D eigenvalue weighted by Gasteiger charge is 2.24. The van der Waals surface area contributed by atoms with Crippen LogP contribution in [-0.4, -0.2) is 49.1 Å². The molecule has 0 spiro atoms. The second kappa shape index (κ2) is 9.43. The molecule has 1 aliphatic heterocycles. The van der Waals surface area contributed by atoms with Gasteiger partial charge in [-0.05, 0) is 43.4 Å². The van der Waals surface area contributed by atoms with Gasteiger partial charge in [0.25, 0.3) is 0 Å². The van der Waals surface area contributed by atoms with E-state index in [0.29, 0.717) is 6.54 Å². The fourth-order valence-corrected chi connectivity index (χ4v) is 4.31. The predicted molar refractivity (Wildman–Crippen MR) is 123 cm³/mol. The van der Waals surface area contributed by atoms with Crippen molar-refractivity contribution in [2.24, 2.45) is 0 Å². The lowest BCUT2D eigenvalue weighted by atomic mass is 9.99. The average molecular weight is 422 g/mol. The van der Waals surface area contributed by atoms with Crippen LogP contribution in [0.4, 0.5) is 0 Å². The van der Waals surface area contributed by atoms with Crippen molar-refractivity contribution in [3.05, 3.63) is 59.3 Å². The van der Waals surface area contributed by atoms with Crippen molar-refractivity contribution in [1.29, 1.82) is 0 Å². The van der Waals surface area contributed by atoms with E-state index in [-0.39, 0.29) is 11.9 Å². The molecule has 1 atom stereocenters. The molecule has 2 N–H and O–H groups in total. The van der Waals surface area contributed by atoms with E-state index in [9.17, 15) is 4.79 Å². The number of rotatable bonds is 8. The summed E-state index contributed by atoms with van der Waals surface area (Å²) in [5, 5.41) is 4.15. The maximum atomic E-state index is 12.7. The average Bonchev–Trinajstić information content (AvgIpc) is 3.23. The van der Waals surface area contributed by atoms with Crippen molar-refractivity contribution in [3.63, 3.8) is 0 Å². The minimum Gasteiger partial charge on any atom is -0.497 e. The summed E-state index contributed by atoms with van der Waals surface area (Å²) in [6, 6.07) is 14.4. The highest BCUT2D eigenvalue weighted by atomic mass is 16.5. The number of hydrogen-bond acceptors (Lipinski definition) is 4. The van der Waals surface area contributed by atoms with Crippen LogP contribution in [0, 0.1) is 0 Å². The first-order valence-electron chi connectivity index (χ1n) is 10.9. The Hall–Kier alpha value is -2.99. The first kappa shape index (κ1) is 21.2. The Bertz CT molecular complexity index is 1060. The van der Waals surface area contributed by atoms with E-state index >= 15 is 0 Å². The van der Waals surface area contributed by atoms with Gasteiger partial charge < -0.3 is 19.8 Å². The molecule has 164 valence electrons. The number of amides is 1. The number of aromatic nitrogens is 1. The molecule has 2 heterocycles. The second-order valence-corrected chi connectivity index (χ2v) is 8.15. The molecule has 2 aromatic carbocycles. The van der Waals surface area contributed by atoms with E-state index in [0.717, 1.165) is 60.4 Å². The molecule has 6 nitrogen and oxygen atoms in total. The van der Waals surface area contributed by atoms with Crippen LogP contribution in [-0.2, 0) is 24.2 Å². The van der Waals surface area contributed by atoms with Crippen molar-refractivity contribution in [3.8, 4) is 11.5 Å². The van der Waals surface area contributed by atoms with Gasteiger partial charge in [0.1, 0.15) is 11.5 Å². The fraction of sp³-hybridized carbons (Fsp3) is 0.400. The summed E-state index contributed by atoms with van der Waals surface area (Å²) in [4.78, 5) is 18.4. The van der Waals surface area contributed by atoms with Crippen LogP contribution >= 0.6 is 0 Å². The molecule has 3 aromatic rings. The molecule has 1 unspecified atom stereocenters. The first-order valence-corrected chi connectivity index (χ1v) is 10.9. The summed E-state index contributed by atoms with van der Waals surface area (Å²) in [6.45, 7) is 4.42. The van der Waals surface area contributed by atoms with Crippen molar-refractivity contribution < 1.29 is 14.3 Å². The SMILES string of the molecule is COc1cc(OC)c2cc(CCCNC(=O)C(C)N3CCc4ccccc4C3)[nH]c2c1. The van der Waals surface area contributed by atoms with E-state index < -0.39 is 0 Å². The highest BCUT2D eigenvalue weighted by Crippen LogP contribution is 2.31. The fourth-order valence-electron chi connectivity index (χ4n) is 4.31. The van der Waals surface area contributed by atoms with Crippen molar-refractivity contribution in [2.45, 2.75) is 38.8 Å². The molecule has 6 heteroatoms. The van der Waals surface area contributed by atoms with E-state index in [2.05, 4.69) is 45.5 Å². The third kappa shape index (κ3) is 4.69. The lowest BCUT2D eigenvalue weighted by molar-refractivity contribution is -0.126. The normalized spacial score (nSPS) is 14.8. The van der Waals surface area contributed by atoms with Crippen LogP contribution in [0.3, 0.4) is 0 Å². The Morgan fingerprint density at radius 1 is 1.16 bits per heavy atom. The number of carbonyl (C=O) groups excluding carboxylic acids is 1. The third-order valence-electron chi connectivity index (χ3n) is 6.19. The maximum absolute atomic E-state index is 12.7. The Labute approximate surface area is 183 Å². The Balaban J connectivity index is 1.28. The number of carbonyl (C=O) groups is 1. The van der Waals surface area contributed by atoms with E-state index in [4.69, 9.17) is 9.47 Å². The number of nitrogens with one attached hydrogen (secondary N) is 2. The smallest absolute Gasteiger partial charge is 0.237 e. The quantitative estimate of drug-likeness (QED) is 0.545. The molecule has 0 aliphatic carbocycles. The molecule has 1 aliphatic rings. The zero-order valence-corrected chi connectivity index (χ0v) is 18.5. The standard InChI is InChI=1S/C25H31N3O3/c1-17(28-12-10-18-7-4-5-8-19(18)16-28)25(29)26-11-6-9-20-13-22-23(27-20)14-21(30-2)15-24(22)31-3/h4-5,7-8,13-15,17,27H,6,9-12,16H2,1-3H3,(H,26,29). The Morgan fingerprint density at radius 2 is 1.97 bits per heavy atom. The molecular weight excluding hydrogens is 390 g/mol. The molecule has 1 aromatic heterocycles. The number of benzene rings is 2. The number of ether oxygens (including phenoxy) is 2. The summed E-state index contributed by atoms with van der Waals surface area (Å²) < 4.78 is 10.8.